The molecule has 1 aromatic heterocycles. The smallest absolute Gasteiger partial charge is 0.239 e. The lowest BCUT2D eigenvalue weighted by Crippen LogP contribution is -2.30. The first-order valence-electron chi connectivity index (χ1n) is 7.79. The van der Waals surface area contributed by atoms with Crippen molar-refractivity contribution in [3.8, 4) is 5.88 Å². The normalized spacial score (nSPS) is 18.4. The Labute approximate surface area is 121 Å². The molecule has 2 fully saturated rings. The third-order valence-electron chi connectivity index (χ3n) is 3.87. The van der Waals surface area contributed by atoms with Crippen LogP contribution in [0.15, 0.2) is 12.1 Å². The highest BCUT2D eigenvalue weighted by Gasteiger charge is 2.31. The van der Waals surface area contributed by atoms with Crippen molar-refractivity contribution in [2.24, 2.45) is 11.8 Å². The van der Waals surface area contributed by atoms with E-state index in [-0.39, 0.29) is 0 Å². The number of hydrogen-bond acceptors (Lipinski definition) is 4. The van der Waals surface area contributed by atoms with E-state index in [1.807, 2.05) is 12.1 Å². The fourth-order valence-corrected chi connectivity index (χ4v) is 2.41. The van der Waals surface area contributed by atoms with E-state index in [0.717, 1.165) is 24.9 Å². The molecule has 2 aliphatic carbocycles. The first-order valence-corrected chi connectivity index (χ1v) is 7.79. The van der Waals surface area contributed by atoms with Gasteiger partial charge in [0.15, 0.2) is 0 Å². The zero-order valence-corrected chi connectivity index (χ0v) is 12.5. The van der Waals surface area contributed by atoms with E-state index >= 15 is 0 Å². The first kappa shape index (κ1) is 13.5. The lowest BCUT2D eigenvalue weighted by molar-refractivity contribution is 0.290. The molecular weight excluding hydrogens is 250 g/mol. The van der Waals surface area contributed by atoms with Crippen LogP contribution in [0, 0.1) is 11.8 Å². The maximum Gasteiger partial charge on any atom is 0.239 e. The zero-order valence-electron chi connectivity index (χ0n) is 12.5. The summed E-state index contributed by atoms with van der Waals surface area (Å²) in [6.45, 7) is 6.30. The number of nitrogens with two attached hydrogens (primary N) is 1. The van der Waals surface area contributed by atoms with E-state index in [2.05, 4.69) is 23.7 Å². The van der Waals surface area contributed by atoms with E-state index in [1.54, 1.807) is 0 Å². The topological polar surface area (TPSA) is 51.4 Å². The SMILES string of the molecule is CC(C)CN(c1ccc(N)c(OCC2CC2)n1)C1CC1. The molecule has 2 aliphatic rings. The number of nitrogens with zero attached hydrogens (tertiary/aromatic N) is 2. The zero-order chi connectivity index (χ0) is 14.1. The van der Waals surface area contributed by atoms with Gasteiger partial charge in [0.1, 0.15) is 5.82 Å². The quantitative estimate of drug-likeness (QED) is 0.831. The Morgan fingerprint density at radius 3 is 2.65 bits per heavy atom. The maximum absolute atomic E-state index is 5.98. The van der Waals surface area contributed by atoms with Crippen molar-refractivity contribution >= 4 is 11.5 Å². The minimum absolute atomic E-state index is 0.615. The highest BCUT2D eigenvalue weighted by atomic mass is 16.5. The summed E-state index contributed by atoms with van der Waals surface area (Å²) in [5.74, 6) is 2.98. The molecule has 1 heterocycles. The largest absolute Gasteiger partial charge is 0.476 e. The Morgan fingerprint density at radius 1 is 1.30 bits per heavy atom. The van der Waals surface area contributed by atoms with Gasteiger partial charge in [-0.25, -0.2) is 0 Å². The second kappa shape index (κ2) is 5.51. The Bertz CT molecular complexity index is 467. The molecule has 0 saturated heterocycles. The molecule has 0 amide bonds. The molecule has 4 heteroatoms. The van der Waals surface area contributed by atoms with Crippen LogP contribution >= 0.6 is 0 Å². The maximum atomic E-state index is 5.98. The summed E-state index contributed by atoms with van der Waals surface area (Å²) in [6, 6.07) is 4.62. The van der Waals surface area contributed by atoms with Crippen molar-refractivity contribution in [1.82, 2.24) is 4.98 Å². The summed E-state index contributed by atoms with van der Waals surface area (Å²) in [4.78, 5) is 7.08. The summed E-state index contributed by atoms with van der Waals surface area (Å²) in [5.41, 5.74) is 6.63. The molecule has 0 radical (unpaired) electrons. The molecule has 110 valence electrons. The van der Waals surface area contributed by atoms with Crippen molar-refractivity contribution < 1.29 is 4.74 Å². The van der Waals surface area contributed by atoms with Gasteiger partial charge < -0.3 is 15.4 Å². The number of anilines is 2. The number of aromatic nitrogens is 1. The Balaban J connectivity index is 1.74. The molecule has 2 N–H and O–H groups in total. The van der Waals surface area contributed by atoms with Crippen LogP contribution in [0.25, 0.3) is 0 Å². The van der Waals surface area contributed by atoms with Crippen LogP contribution in [0.3, 0.4) is 0 Å². The van der Waals surface area contributed by atoms with Crippen LogP contribution in [0.2, 0.25) is 0 Å². The van der Waals surface area contributed by atoms with E-state index in [0.29, 0.717) is 23.5 Å². The minimum Gasteiger partial charge on any atom is -0.476 e. The van der Waals surface area contributed by atoms with Gasteiger partial charge in [0.25, 0.3) is 0 Å². The summed E-state index contributed by atoms with van der Waals surface area (Å²) >= 11 is 0. The van der Waals surface area contributed by atoms with Crippen LogP contribution < -0.4 is 15.4 Å². The lowest BCUT2D eigenvalue weighted by Gasteiger charge is -2.26. The molecule has 0 bridgehead atoms. The molecule has 2 saturated carbocycles. The Morgan fingerprint density at radius 2 is 2.05 bits per heavy atom. The molecule has 0 unspecified atom stereocenters. The number of nitrogen functional groups attached to an aromatic ring is 1. The van der Waals surface area contributed by atoms with Gasteiger partial charge in [-0.3, -0.25) is 0 Å². The number of rotatable bonds is 7. The van der Waals surface area contributed by atoms with Crippen LogP contribution in [0.5, 0.6) is 5.88 Å². The van der Waals surface area contributed by atoms with Gasteiger partial charge in [0, 0.05) is 12.6 Å². The van der Waals surface area contributed by atoms with E-state index in [9.17, 15) is 0 Å². The van der Waals surface area contributed by atoms with Crippen molar-refractivity contribution in [3.63, 3.8) is 0 Å². The average Bonchev–Trinajstić information content (AvgIpc) is 3.27. The highest BCUT2D eigenvalue weighted by molar-refractivity contribution is 5.55. The molecule has 1 aromatic rings. The van der Waals surface area contributed by atoms with Crippen LogP contribution in [-0.2, 0) is 0 Å². The predicted octanol–water partition coefficient (Wildman–Crippen LogP) is 3.08. The molecule has 3 rings (SSSR count). The van der Waals surface area contributed by atoms with Crippen molar-refractivity contribution in [3.05, 3.63) is 12.1 Å². The van der Waals surface area contributed by atoms with Crippen molar-refractivity contribution in [2.45, 2.75) is 45.6 Å². The van der Waals surface area contributed by atoms with Gasteiger partial charge in [0.05, 0.1) is 12.3 Å². The molecule has 0 aliphatic heterocycles. The van der Waals surface area contributed by atoms with E-state index in [1.165, 1.54) is 25.7 Å². The van der Waals surface area contributed by atoms with Gasteiger partial charge in [-0.05, 0) is 49.7 Å². The monoisotopic (exact) mass is 275 g/mol. The summed E-state index contributed by atoms with van der Waals surface area (Å²) in [7, 11) is 0. The van der Waals surface area contributed by atoms with Gasteiger partial charge >= 0.3 is 0 Å². The van der Waals surface area contributed by atoms with Gasteiger partial charge in [-0.15, -0.1) is 0 Å². The number of ether oxygens (including phenoxy) is 1. The molecule has 0 atom stereocenters. The van der Waals surface area contributed by atoms with Crippen LogP contribution in [0.1, 0.15) is 39.5 Å². The summed E-state index contributed by atoms with van der Waals surface area (Å²) in [6.07, 6.45) is 5.11. The van der Waals surface area contributed by atoms with E-state index in [4.69, 9.17) is 10.5 Å². The minimum atomic E-state index is 0.615. The van der Waals surface area contributed by atoms with Crippen LogP contribution in [-0.4, -0.2) is 24.2 Å². The molecule has 20 heavy (non-hydrogen) atoms. The molecular formula is C16H25N3O. The standard InChI is InChI=1S/C16H25N3O/c1-11(2)9-19(13-5-6-13)15-8-7-14(17)16(18-15)20-10-12-3-4-12/h7-8,11-13H,3-6,9-10,17H2,1-2H3. The van der Waals surface area contributed by atoms with Gasteiger partial charge in [-0.1, -0.05) is 13.8 Å². The second-order valence-corrected chi connectivity index (χ2v) is 6.60. The lowest BCUT2D eigenvalue weighted by atomic mass is 10.2. The summed E-state index contributed by atoms with van der Waals surface area (Å²) < 4.78 is 5.79. The van der Waals surface area contributed by atoms with Gasteiger partial charge in [0.2, 0.25) is 5.88 Å². The third-order valence-corrected chi connectivity index (χ3v) is 3.87. The fourth-order valence-electron chi connectivity index (χ4n) is 2.41. The van der Waals surface area contributed by atoms with Gasteiger partial charge in [-0.2, -0.15) is 4.98 Å². The Kier molecular flexibility index (Phi) is 3.72. The van der Waals surface area contributed by atoms with Crippen molar-refractivity contribution in [2.75, 3.05) is 23.8 Å². The average molecular weight is 275 g/mol. The molecule has 0 spiro atoms. The summed E-state index contributed by atoms with van der Waals surface area (Å²) in [5, 5.41) is 0. The van der Waals surface area contributed by atoms with E-state index < -0.39 is 0 Å². The molecule has 4 nitrogen and oxygen atoms in total. The second-order valence-electron chi connectivity index (χ2n) is 6.60. The Hall–Kier alpha value is -1.45. The first-order chi connectivity index (χ1) is 9.63. The third kappa shape index (κ3) is 3.35. The number of hydrogen-bond donors (Lipinski definition) is 1. The van der Waals surface area contributed by atoms with Crippen molar-refractivity contribution in [1.29, 1.82) is 0 Å². The van der Waals surface area contributed by atoms with Crippen LogP contribution in [0.4, 0.5) is 11.5 Å². The highest BCUT2D eigenvalue weighted by Crippen LogP contribution is 2.34. The number of pyridine rings is 1. The molecule has 0 aromatic carbocycles. The fraction of sp³-hybridized carbons (Fsp3) is 0.688. The predicted molar refractivity (Wildman–Crippen MR) is 82.1 cm³/mol.